The number of nitrogens with zero attached hydrogens (tertiary/aromatic N) is 4. The highest BCUT2D eigenvalue weighted by Gasteiger charge is 2.08. The Balaban J connectivity index is 2.53. The van der Waals surface area contributed by atoms with Crippen molar-refractivity contribution in [3.63, 3.8) is 0 Å². The average Bonchev–Trinajstić information content (AvgIpc) is 2.62. The number of nitrogens with one attached hydrogen (secondary N) is 1. The fourth-order valence-electron chi connectivity index (χ4n) is 1.21. The first-order valence-electron chi connectivity index (χ1n) is 5.61. The highest BCUT2D eigenvalue weighted by atomic mass is 15.5. The lowest BCUT2D eigenvalue weighted by molar-refractivity contribution is 0.413. The summed E-state index contributed by atoms with van der Waals surface area (Å²) in [6, 6.07) is 0.457. The molecule has 0 bridgehead atoms. The van der Waals surface area contributed by atoms with Gasteiger partial charge in [-0.3, -0.25) is 0 Å². The molecule has 1 rings (SSSR count). The minimum Gasteiger partial charge on any atom is -0.308 e. The van der Waals surface area contributed by atoms with E-state index in [-0.39, 0.29) is 0 Å². The van der Waals surface area contributed by atoms with Gasteiger partial charge in [-0.2, -0.15) is 0 Å². The summed E-state index contributed by atoms with van der Waals surface area (Å²) in [5, 5.41) is 15.0. The van der Waals surface area contributed by atoms with E-state index in [9.17, 15) is 0 Å². The topological polar surface area (TPSA) is 55.6 Å². The van der Waals surface area contributed by atoms with Crippen LogP contribution in [0.25, 0.3) is 0 Å². The van der Waals surface area contributed by atoms with Crippen molar-refractivity contribution in [2.75, 3.05) is 0 Å². The minimum atomic E-state index is 0.457. The smallest absolute Gasteiger partial charge is 0.165 e. The lowest BCUT2D eigenvalue weighted by Gasteiger charge is -2.11. The predicted molar refractivity (Wildman–Crippen MR) is 59.2 cm³/mol. The van der Waals surface area contributed by atoms with Crippen LogP contribution >= 0.6 is 0 Å². The van der Waals surface area contributed by atoms with Gasteiger partial charge in [0.15, 0.2) is 5.82 Å². The molecule has 0 aliphatic rings. The van der Waals surface area contributed by atoms with Gasteiger partial charge in [-0.15, -0.1) is 5.10 Å². The van der Waals surface area contributed by atoms with Gasteiger partial charge in [0.1, 0.15) is 0 Å². The second-order valence-corrected chi connectivity index (χ2v) is 4.33. The summed E-state index contributed by atoms with van der Waals surface area (Å²) < 4.78 is 1.89. The fourth-order valence-corrected chi connectivity index (χ4v) is 1.21. The zero-order chi connectivity index (χ0) is 11.3. The Kier molecular flexibility index (Phi) is 4.68. The maximum atomic E-state index is 4.01. The van der Waals surface area contributed by atoms with Gasteiger partial charge in [0.25, 0.3) is 0 Å². The summed E-state index contributed by atoms with van der Waals surface area (Å²) in [7, 11) is 0. The Morgan fingerprint density at radius 1 is 1.33 bits per heavy atom. The molecule has 5 heteroatoms. The Hall–Kier alpha value is -0.970. The molecule has 1 aromatic rings. The molecule has 0 saturated heterocycles. The molecular weight excluding hydrogens is 190 g/mol. The molecule has 0 spiro atoms. The van der Waals surface area contributed by atoms with E-state index in [2.05, 4.69) is 48.5 Å². The Morgan fingerprint density at radius 3 is 2.67 bits per heavy atom. The van der Waals surface area contributed by atoms with Crippen molar-refractivity contribution in [3.8, 4) is 0 Å². The van der Waals surface area contributed by atoms with E-state index in [1.807, 2.05) is 4.68 Å². The predicted octanol–water partition coefficient (Wildman–Crippen LogP) is 1.22. The van der Waals surface area contributed by atoms with Crippen molar-refractivity contribution in [2.24, 2.45) is 5.92 Å². The summed E-state index contributed by atoms with van der Waals surface area (Å²) in [4.78, 5) is 0. The first kappa shape index (κ1) is 12.1. The third kappa shape index (κ3) is 3.95. The molecule has 5 nitrogen and oxygen atoms in total. The Morgan fingerprint density at radius 2 is 2.07 bits per heavy atom. The highest BCUT2D eigenvalue weighted by molar-refractivity contribution is 4.80. The Bertz CT molecular complexity index is 281. The molecule has 15 heavy (non-hydrogen) atoms. The molecular formula is C10H21N5. The Labute approximate surface area is 91.2 Å². The molecule has 0 fully saturated rings. The van der Waals surface area contributed by atoms with E-state index >= 15 is 0 Å². The lowest BCUT2D eigenvalue weighted by atomic mass is 10.1. The zero-order valence-corrected chi connectivity index (χ0v) is 10.1. The second-order valence-electron chi connectivity index (χ2n) is 4.33. The van der Waals surface area contributed by atoms with Crippen molar-refractivity contribution in [1.82, 2.24) is 25.5 Å². The molecule has 86 valence electrons. The van der Waals surface area contributed by atoms with Gasteiger partial charge in [-0.05, 0) is 16.3 Å². The van der Waals surface area contributed by atoms with Gasteiger partial charge < -0.3 is 5.32 Å². The minimum absolute atomic E-state index is 0.457. The molecule has 0 radical (unpaired) electrons. The number of rotatable bonds is 6. The summed E-state index contributed by atoms with van der Waals surface area (Å²) in [6.45, 7) is 10.3. The first-order valence-corrected chi connectivity index (χ1v) is 5.61. The van der Waals surface area contributed by atoms with Crippen LogP contribution in [0, 0.1) is 5.92 Å². The van der Waals surface area contributed by atoms with E-state index < -0.39 is 0 Å². The average molecular weight is 211 g/mol. The molecule has 0 aromatic carbocycles. The molecule has 0 amide bonds. The molecule has 0 aliphatic carbocycles. The maximum absolute atomic E-state index is 4.01. The quantitative estimate of drug-likeness (QED) is 0.768. The van der Waals surface area contributed by atoms with E-state index in [0.717, 1.165) is 25.3 Å². The van der Waals surface area contributed by atoms with Crippen LogP contribution in [0.5, 0.6) is 0 Å². The first-order chi connectivity index (χ1) is 7.13. The van der Waals surface area contributed by atoms with Crippen LogP contribution in [0.4, 0.5) is 0 Å². The number of tetrazole rings is 1. The van der Waals surface area contributed by atoms with Crippen molar-refractivity contribution >= 4 is 0 Å². The van der Waals surface area contributed by atoms with Gasteiger partial charge in [0.2, 0.25) is 0 Å². The number of aromatic nitrogens is 4. The van der Waals surface area contributed by atoms with Crippen molar-refractivity contribution < 1.29 is 0 Å². The molecule has 1 atom stereocenters. The van der Waals surface area contributed by atoms with Crippen molar-refractivity contribution in [2.45, 2.75) is 53.2 Å². The molecule has 1 heterocycles. The van der Waals surface area contributed by atoms with E-state index in [4.69, 9.17) is 0 Å². The van der Waals surface area contributed by atoms with Crippen LogP contribution in [0.3, 0.4) is 0 Å². The largest absolute Gasteiger partial charge is 0.308 e. The number of hydrogen-bond acceptors (Lipinski definition) is 4. The molecule has 1 N–H and O–H groups in total. The van der Waals surface area contributed by atoms with Crippen LogP contribution in [0.2, 0.25) is 0 Å². The SMILES string of the molecule is CCC(C)Cn1nnnc1CNC(C)C. The highest BCUT2D eigenvalue weighted by Crippen LogP contribution is 2.05. The maximum Gasteiger partial charge on any atom is 0.165 e. The summed E-state index contributed by atoms with van der Waals surface area (Å²) in [6.07, 6.45) is 1.15. The third-order valence-corrected chi connectivity index (χ3v) is 2.46. The lowest BCUT2D eigenvalue weighted by Crippen LogP contribution is -2.25. The molecule has 0 saturated carbocycles. The van der Waals surface area contributed by atoms with Gasteiger partial charge in [-0.25, -0.2) is 4.68 Å². The van der Waals surface area contributed by atoms with Crippen LogP contribution in [-0.4, -0.2) is 26.2 Å². The van der Waals surface area contributed by atoms with Gasteiger partial charge in [0.05, 0.1) is 6.54 Å². The van der Waals surface area contributed by atoms with Gasteiger partial charge >= 0.3 is 0 Å². The van der Waals surface area contributed by atoms with Gasteiger partial charge in [-0.1, -0.05) is 34.1 Å². The standard InChI is InChI=1S/C10H21N5/c1-5-9(4)7-15-10(12-13-14-15)6-11-8(2)3/h8-9,11H,5-7H2,1-4H3. The third-order valence-electron chi connectivity index (χ3n) is 2.46. The fraction of sp³-hybridized carbons (Fsp3) is 0.900. The second kappa shape index (κ2) is 5.80. The normalized spacial score (nSPS) is 13.4. The van der Waals surface area contributed by atoms with Crippen LogP contribution in [0.1, 0.15) is 39.9 Å². The summed E-state index contributed by atoms with van der Waals surface area (Å²) >= 11 is 0. The van der Waals surface area contributed by atoms with Gasteiger partial charge in [0, 0.05) is 12.6 Å². The summed E-state index contributed by atoms with van der Waals surface area (Å²) in [5.41, 5.74) is 0. The van der Waals surface area contributed by atoms with Crippen LogP contribution in [0.15, 0.2) is 0 Å². The van der Waals surface area contributed by atoms with Crippen molar-refractivity contribution in [1.29, 1.82) is 0 Å². The molecule has 1 aromatic heterocycles. The number of hydrogen-bond donors (Lipinski definition) is 1. The monoisotopic (exact) mass is 211 g/mol. The van der Waals surface area contributed by atoms with E-state index in [0.29, 0.717) is 12.0 Å². The van der Waals surface area contributed by atoms with Crippen LogP contribution in [-0.2, 0) is 13.1 Å². The molecule has 0 aliphatic heterocycles. The molecule has 1 unspecified atom stereocenters. The van der Waals surface area contributed by atoms with Crippen LogP contribution < -0.4 is 5.32 Å². The van der Waals surface area contributed by atoms with Crippen molar-refractivity contribution in [3.05, 3.63) is 5.82 Å². The summed E-state index contributed by atoms with van der Waals surface area (Å²) in [5.74, 6) is 1.54. The zero-order valence-electron chi connectivity index (χ0n) is 10.1. The van der Waals surface area contributed by atoms with E-state index in [1.165, 1.54) is 0 Å². The van der Waals surface area contributed by atoms with E-state index in [1.54, 1.807) is 0 Å².